The normalized spacial score (nSPS) is 12.9. The van der Waals surface area contributed by atoms with Crippen molar-refractivity contribution in [3.8, 4) is 11.8 Å². The summed E-state index contributed by atoms with van der Waals surface area (Å²) in [6.45, 7) is 0. The minimum atomic E-state index is -0.362. The Hall–Kier alpha value is -4.04. The van der Waals surface area contributed by atoms with E-state index in [2.05, 4.69) is 6.07 Å². The second-order valence-corrected chi connectivity index (χ2v) is 7.07. The molecule has 146 valence electrons. The molecule has 4 rings (SSSR count). The molecule has 5 nitrogen and oxygen atoms in total. The van der Waals surface area contributed by atoms with Crippen LogP contribution in [0, 0.1) is 11.3 Å². The number of para-hydroxylation sites is 1. The summed E-state index contributed by atoms with van der Waals surface area (Å²) >= 11 is 0. The van der Waals surface area contributed by atoms with Gasteiger partial charge in [0.1, 0.15) is 11.5 Å². The summed E-state index contributed by atoms with van der Waals surface area (Å²) < 4.78 is 5.35. The van der Waals surface area contributed by atoms with Crippen LogP contribution in [0.1, 0.15) is 28.7 Å². The molecule has 0 N–H and O–H groups in total. The molecule has 1 heterocycles. The van der Waals surface area contributed by atoms with Gasteiger partial charge in [-0.05, 0) is 47.0 Å². The van der Waals surface area contributed by atoms with Crippen LogP contribution in [0.4, 0.5) is 5.69 Å². The fourth-order valence-electron chi connectivity index (χ4n) is 3.40. The molecule has 30 heavy (non-hydrogen) atoms. The number of esters is 1. The third-order valence-corrected chi connectivity index (χ3v) is 4.80. The van der Waals surface area contributed by atoms with Crippen LogP contribution >= 0.6 is 0 Å². The Morgan fingerprint density at radius 3 is 2.63 bits per heavy atom. The van der Waals surface area contributed by atoms with Gasteiger partial charge in [0.2, 0.25) is 0 Å². The fourth-order valence-corrected chi connectivity index (χ4v) is 3.40. The number of Topliss-reactive ketones (excluding diaryl/α,β-unsaturated/α-hetero) is 1. The predicted molar refractivity (Wildman–Crippen MR) is 113 cm³/mol. The highest BCUT2D eigenvalue weighted by molar-refractivity contribution is 6.13. The van der Waals surface area contributed by atoms with Crippen LogP contribution in [0.25, 0.3) is 0 Å². The Bertz CT molecular complexity index is 1190. The molecular weight excluding hydrogens is 376 g/mol. The Morgan fingerprint density at radius 2 is 1.83 bits per heavy atom. The molecule has 1 aliphatic rings. The number of benzene rings is 3. The highest BCUT2D eigenvalue weighted by atomic mass is 16.5. The van der Waals surface area contributed by atoms with Crippen molar-refractivity contribution in [2.45, 2.75) is 19.3 Å². The number of nitrogens with zero attached hydrogens (tertiary/aromatic N) is 2. The number of hydrogen-bond donors (Lipinski definition) is 0. The van der Waals surface area contributed by atoms with Crippen molar-refractivity contribution in [3.63, 3.8) is 0 Å². The number of hydrogen-bond acceptors (Lipinski definition) is 5. The van der Waals surface area contributed by atoms with Crippen LogP contribution in [0.3, 0.4) is 0 Å². The van der Waals surface area contributed by atoms with Crippen LogP contribution < -0.4 is 4.74 Å². The molecule has 1 aliphatic heterocycles. The summed E-state index contributed by atoms with van der Waals surface area (Å²) in [5, 5.41) is 9.13. The number of rotatable bonds is 4. The van der Waals surface area contributed by atoms with Crippen LogP contribution in [0.15, 0.2) is 77.8 Å². The molecule has 0 saturated carbocycles. The van der Waals surface area contributed by atoms with Gasteiger partial charge >= 0.3 is 5.97 Å². The molecular formula is C25H18N2O3. The first kappa shape index (κ1) is 19.3. The van der Waals surface area contributed by atoms with Gasteiger partial charge in [0.15, 0.2) is 0 Å². The van der Waals surface area contributed by atoms with E-state index < -0.39 is 0 Å². The molecule has 5 heteroatoms. The average molecular weight is 394 g/mol. The number of carbonyl (C=O) groups is 2. The summed E-state index contributed by atoms with van der Waals surface area (Å²) in [5.74, 6) is 0.179. The van der Waals surface area contributed by atoms with E-state index in [1.165, 1.54) is 0 Å². The average Bonchev–Trinajstić information content (AvgIpc) is 2.92. The van der Waals surface area contributed by atoms with Crippen LogP contribution in [0.5, 0.6) is 5.75 Å². The molecule has 0 bridgehead atoms. The summed E-state index contributed by atoms with van der Waals surface area (Å²) in [7, 11) is 0. The van der Waals surface area contributed by atoms with Gasteiger partial charge in [0.05, 0.1) is 29.5 Å². The minimum Gasteiger partial charge on any atom is -0.426 e. The van der Waals surface area contributed by atoms with Gasteiger partial charge in [-0.15, -0.1) is 0 Å². The highest BCUT2D eigenvalue weighted by Crippen LogP contribution is 2.27. The largest absolute Gasteiger partial charge is 0.426 e. The minimum absolute atomic E-state index is 0.0406. The lowest BCUT2D eigenvalue weighted by molar-refractivity contribution is -0.133. The molecule has 0 aliphatic carbocycles. The molecule has 0 aromatic heterocycles. The summed E-state index contributed by atoms with van der Waals surface area (Å²) in [6, 6.07) is 23.6. The Morgan fingerprint density at radius 1 is 1.00 bits per heavy atom. The SMILES string of the molecule is N#Cc1cccc(C2=Nc3ccc(CC(=O)Oc4ccccc4)cc3CC(=O)C2)c1. The maximum Gasteiger partial charge on any atom is 0.315 e. The summed E-state index contributed by atoms with van der Waals surface area (Å²) in [5.41, 5.74) is 4.21. The zero-order valence-corrected chi connectivity index (χ0v) is 16.2. The number of nitriles is 1. The Kier molecular flexibility index (Phi) is 5.49. The van der Waals surface area contributed by atoms with Gasteiger partial charge in [-0.3, -0.25) is 14.6 Å². The van der Waals surface area contributed by atoms with Crippen molar-refractivity contribution in [1.82, 2.24) is 0 Å². The molecule has 0 unspecified atom stereocenters. The third kappa shape index (κ3) is 4.50. The number of carbonyl (C=O) groups excluding carboxylic acids is 2. The van der Waals surface area contributed by atoms with E-state index >= 15 is 0 Å². The second-order valence-electron chi connectivity index (χ2n) is 7.07. The van der Waals surface area contributed by atoms with Gasteiger partial charge < -0.3 is 4.74 Å². The number of ether oxygens (including phenoxy) is 1. The van der Waals surface area contributed by atoms with E-state index in [-0.39, 0.29) is 31.0 Å². The Labute approximate surface area is 174 Å². The molecule has 0 atom stereocenters. The van der Waals surface area contributed by atoms with E-state index in [0.717, 1.165) is 16.7 Å². The quantitative estimate of drug-likeness (QED) is 0.487. The van der Waals surface area contributed by atoms with Crippen molar-refractivity contribution in [3.05, 3.63) is 95.1 Å². The second kappa shape index (κ2) is 8.54. The molecule has 3 aromatic carbocycles. The van der Waals surface area contributed by atoms with Crippen molar-refractivity contribution >= 4 is 23.2 Å². The first-order valence-corrected chi connectivity index (χ1v) is 9.58. The predicted octanol–water partition coefficient (Wildman–Crippen LogP) is 4.34. The maximum absolute atomic E-state index is 12.5. The molecule has 0 fully saturated rings. The van der Waals surface area contributed by atoms with E-state index in [9.17, 15) is 9.59 Å². The van der Waals surface area contributed by atoms with Crippen molar-refractivity contribution in [2.75, 3.05) is 0 Å². The van der Waals surface area contributed by atoms with E-state index in [0.29, 0.717) is 22.7 Å². The molecule has 0 amide bonds. The topological polar surface area (TPSA) is 79.5 Å². The lowest BCUT2D eigenvalue weighted by Crippen LogP contribution is -2.11. The number of ketones is 1. The van der Waals surface area contributed by atoms with Gasteiger partial charge in [-0.2, -0.15) is 5.26 Å². The van der Waals surface area contributed by atoms with Crippen LogP contribution in [0.2, 0.25) is 0 Å². The summed E-state index contributed by atoms with van der Waals surface area (Å²) in [4.78, 5) is 29.5. The van der Waals surface area contributed by atoms with Crippen molar-refractivity contribution < 1.29 is 14.3 Å². The molecule has 0 radical (unpaired) electrons. The first-order valence-electron chi connectivity index (χ1n) is 9.58. The Balaban J connectivity index is 1.58. The van der Waals surface area contributed by atoms with Crippen molar-refractivity contribution in [1.29, 1.82) is 5.26 Å². The molecule has 3 aromatic rings. The van der Waals surface area contributed by atoms with E-state index in [1.807, 2.05) is 30.3 Å². The molecule has 0 saturated heterocycles. The fraction of sp³-hybridized carbons (Fsp3) is 0.120. The van der Waals surface area contributed by atoms with Gasteiger partial charge in [0.25, 0.3) is 0 Å². The zero-order chi connectivity index (χ0) is 20.9. The standard InChI is InChI=1S/C25H18N2O3/c26-16-18-5-4-6-19(12-18)24-15-21(28)14-20-11-17(9-10-23(20)27-24)13-25(29)30-22-7-2-1-3-8-22/h1-12H,13-15H2. The first-order chi connectivity index (χ1) is 14.6. The van der Waals surface area contributed by atoms with E-state index in [1.54, 1.807) is 42.5 Å². The summed E-state index contributed by atoms with van der Waals surface area (Å²) in [6.07, 6.45) is 0.563. The van der Waals surface area contributed by atoms with Gasteiger partial charge in [0, 0.05) is 12.8 Å². The van der Waals surface area contributed by atoms with Crippen LogP contribution in [-0.4, -0.2) is 17.5 Å². The maximum atomic E-state index is 12.5. The smallest absolute Gasteiger partial charge is 0.315 e. The lowest BCUT2D eigenvalue weighted by Gasteiger charge is -2.07. The lowest BCUT2D eigenvalue weighted by atomic mass is 10.00. The zero-order valence-electron chi connectivity index (χ0n) is 16.2. The number of fused-ring (bicyclic) bond motifs is 1. The number of aliphatic imine (C=N–C) groups is 1. The van der Waals surface area contributed by atoms with Gasteiger partial charge in [-0.1, -0.05) is 42.5 Å². The van der Waals surface area contributed by atoms with Crippen molar-refractivity contribution in [2.24, 2.45) is 4.99 Å². The van der Waals surface area contributed by atoms with Crippen LogP contribution in [-0.2, 0) is 22.4 Å². The third-order valence-electron chi connectivity index (χ3n) is 4.80. The van der Waals surface area contributed by atoms with Gasteiger partial charge in [-0.25, -0.2) is 0 Å². The highest BCUT2D eigenvalue weighted by Gasteiger charge is 2.19. The van der Waals surface area contributed by atoms with E-state index in [4.69, 9.17) is 15.0 Å². The molecule has 0 spiro atoms. The monoisotopic (exact) mass is 394 g/mol.